The van der Waals surface area contributed by atoms with Gasteiger partial charge < -0.3 is 25.0 Å². The largest absolute Gasteiger partial charge is 0.508 e. The second-order valence-electron chi connectivity index (χ2n) is 7.05. The molecule has 0 aliphatic heterocycles. The highest BCUT2D eigenvalue weighted by Gasteiger charge is 2.31. The SMILES string of the molecule is CCOc1ccc2c(c1)C(NC(=O)NC=O)c1cc(OCC)ccc1-2.Oc1cccc(O)c1. The molecule has 4 rings (SSSR count). The lowest BCUT2D eigenvalue weighted by molar-refractivity contribution is -0.108. The Labute approximate surface area is 191 Å². The normalized spacial score (nSPS) is 11.3. The summed E-state index contributed by atoms with van der Waals surface area (Å²) < 4.78 is 11.2. The van der Waals surface area contributed by atoms with Crippen LogP contribution in [0.3, 0.4) is 0 Å². The number of benzene rings is 3. The number of carbonyl (C=O) groups is 2. The van der Waals surface area contributed by atoms with E-state index in [-0.39, 0.29) is 17.5 Å². The van der Waals surface area contributed by atoms with Crippen LogP contribution >= 0.6 is 0 Å². The smallest absolute Gasteiger partial charge is 0.321 e. The minimum Gasteiger partial charge on any atom is -0.508 e. The minimum atomic E-state index is -0.553. The Kier molecular flexibility index (Phi) is 7.75. The fourth-order valence-electron chi connectivity index (χ4n) is 3.61. The van der Waals surface area contributed by atoms with E-state index in [4.69, 9.17) is 19.7 Å². The molecule has 8 heteroatoms. The van der Waals surface area contributed by atoms with E-state index in [9.17, 15) is 9.59 Å². The zero-order valence-electron chi connectivity index (χ0n) is 18.4. The number of imide groups is 1. The molecule has 3 aromatic rings. The van der Waals surface area contributed by atoms with E-state index < -0.39 is 6.03 Å². The van der Waals surface area contributed by atoms with Gasteiger partial charge in [0.1, 0.15) is 23.0 Å². The van der Waals surface area contributed by atoms with E-state index in [1.54, 1.807) is 6.07 Å². The topological polar surface area (TPSA) is 117 Å². The summed E-state index contributed by atoms with van der Waals surface area (Å²) in [5.41, 5.74) is 3.90. The van der Waals surface area contributed by atoms with Crippen LogP contribution in [-0.4, -0.2) is 35.9 Å². The minimum absolute atomic E-state index is 0.0880. The molecule has 0 heterocycles. The van der Waals surface area contributed by atoms with Crippen LogP contribution in [0, 0.1) is 0 Å². The van der Waals surface area contributed by atoms with Crippen molar-refractivity contribution in [2.24, 2.45) is 0 Å². The van der Waals surface area contributed by atoms with Gasteiger partial charge in [-0.15, -0.1) is 0 Å². The standard InChI is InChI=1S/C19H20N2O4.C6H6O2/c1-3-24-12-5-7-14-15-8-6-13(25-4-2)10-17(15)18(16(14)9-12)21-19(23)20-11-22;7-5-2-1-3-6(8)4-5/h5-11,18H,3-4H2,1-2H3,(H2,20,21,22,23);1-4,7-8H. The number of nitrogens with one attached hydrogen (secondary N) is 2. The third-order valence-corrected chi connectivity index (χ3v) is 4.88. The molecule has 0 saturated carbocycles. The average molecular weight is 450 g/mol. The lowest BCUT2D eigenvalue weighted by Crippen LogP contribution is -2.37. The molecular weight excluding hydrogens is 424 g/mol. The van der Waals surface area contributed by atoms with Crippen LogP contribution in [0.25, 0.3) is 11.1 Å². The quantitative estimate of drug-likeness (QED) is 0.420. The Morgan fingerprint density at radius 1 is 0.879 bits per heavy atom. The predicted octanol–water partition coefficient (Wildman–Crippen LogP) is 4.11. The molecule has 1 aliphatic rings. The molecule has 0 radical (unpaired) electrons. The van der Waals surface area contributed by atoms with Crippen molar-refractivity contribution in [3.8, 4) is 34.1 Å². The first-order chi connectivity index (χ1) is 16.0. The van der Waals surface area contributed by atoms with Crippen molar-refractivity contribution in [2.75, 3.05) is 13.2 Å². The summed E-state index contributed by atoms with van der Waals surface area (Å²) in [6.45, 7) is 4.96. The molecule has 3 aromatic carbocycles. The summed E-state index contributed by atoms with van der Waals surface area (Å²) in [4.78, 5) is 22.5. The number of phenols is 2. The van der Waals surface area contributed by atoms with Crippen LogP contribution in [0.2, 0.25) is 0 Å². The number of phenolic OH excluding ortho intramolecular Hbond substituents is 2. The van der Waals surface area contributed by atoms with Crippen molar-refractivity contribution in [1.82, 2.24) is 10.6 Å². The summed E-state index contributed by atoms with van der Waals surface area (Å²) in [6, 6.07) is 16.6. The average Bonchev–Trinajstić information content (AvgIpc) is 3.07. The summed E-state index contributed by atoms with van der Waals surface area (Å²) in [6.07, 6.45) is 0.360. The molecule has 8 nitrogen and oxygen atoms in total. The van der Waals surface area contributed by atoms with Crippen LogP contribution in [0.1, 0.15) is 31.0 Å². The molecule has 172 valence electrons. The molecular formula is C25H26N2O6. The Morgan fingerprint density at radius 2 is 1.39 bits per heavy atom. The van der Waals surface area contributed by atoms with Crippen molar-refractivity contribution < 1.29 is 29.3 Å². The number of hydrogen-bond donors (Lipinski definition) is 4. The van der Waals surface area contributed by atoms with Crippen molar-refractivity contribution >= 4 is 12.4 Å². The van der Waals surface area contributed by atoms with E-state index in [0.29, 0.717) is 19.6 Å². The van der Waals surface area contributed by atoms with Crippen molar-refractivity contribution in [2.45, 2.75) is 19.9 Å². The van der Waals surface area contributed by atoms with Gasteiger partial charge in [-0.2, -0.15) is 0 Å². The third kappa shape index (κ3) is 5.74. The van der Waals surface area contributed by atoms with Crippen molar-refractivity contribution in [3.63, 3.8) is 0 Å². The maximum Gasteiger partial charge on any atom is 0.321 e. The number of aromatic hydroxyl groups is 2. The molecule has 4 N–H and O–H groups in total. The molecule has 1 aliphatic carbocycles. The highest BCUT2D eigenvalue weighted by molar-refractivity contribution is 5.87. The Balaban J connectivity index is 0.000000323. The first-order valence-electron chi connectivity index (χ1n) is 10.5. The summed E-state index contributed by atoms with van der Waals surface area (Å²) >= 11 is 0. The lowest BCUT2D eigenvalue weighted by Gasteiger charge is -2.16. The van der Waals surface area contributed by atoms with Crippen molar-refractivity contribution in [3.05, 3.63) is 71.8 Å². The Bertz CT molecular complexity index is 1060. The Hall–Kier alpha value is -4.20. The number of fused-ring (bicyclic) bond motifs is 3. The molecule has 0 fully saturated rings. The van der Waals surface area contributed by atoms with E-state index >= 15 is 0 Å². The van der Waals surface area contributed by atoms with E-state index in [1.165, 1.54) is 18.2 Å². The summed E-state index contributed by atoms with van der Waals surface area (Å²) in [7, 11) is 0. The number of carbonyl (C=O) groups excluding carboxylic acids is 2. The second-order valence-corrected chi connectivity index (χ2v) is 7.05. The predicted molar refractivity (Wildman–Crippen MR) is 124 cm³/mol. The number of hydrogen-bond acceptors (Lipinski definition) is 6. The lowest BCUT2D eigenvalue weighted by atomic mass is 10.1. The fourth-order valence-corrected chi connectivity index (χ4v) is 3.61. The van der Waals surface area contributed by atoms with Crippen LogP contribution < -0.4 is 20.1 Å². The van der Waals surface area contributed by atoms with Crippen LogP contribution in [0.15, 0.2) is 60.7 Å². The van der Waals surface area contributed by atoms with Gasteiger partial charge in [0.05, 0.1) is 19.3 Å². The van der Waals surface area contributed by atoms with Crippen LogP contribution in [0.5, 0.6) is 23.0 Å². The maximum atomic E-state index is 11.9. The first kappa shape index (κ1) is 23.5. The first-order valence-corrected chi connectivity index (χ1v) is 10.5. The van der Waals surface area contributed by atoms with E-state index in [2.05, 4.69) is 10.6 Å². The highest BCUT2D eigenvalue weighted by atomic mass is 16.5. The van der Waals surface area contributed by atoms with Crippen LogP contribution in [0.4, 0.5) is 4.79 Å². The zero-order valence-corrected chi connectivity index (χ0v) is 18.4. The number of ether oxygens (including phenoxy) is 2. The van der Waals surface area contributed by atoms with Gasteiger partial charge in [0, 0.05) is 6.07 Å². The molecule has 0 bridgehead atoms. The molecule has 3 amide bonds. The molecule has 0 aromatic heterocycles. The Morgan fingerprint density at radius 3 is 1.79 bits per heavy atom. The molecule has 33 heavy (non-hydrogen) atoms. The third-order valence-electron chi connectivity index (χ3n) is 4.88. The van der Waals surface area contributed by atoms with Gasteiger partial charge in [-0.05, 0) is 72.5 Å². The van der Waals surface area contributed by atoms with Gasteiger partial charge in [-0.1, -0.05) is 18.2 Å². The molecule has 0 spiro atoms. The summed E-state index contributed by atoms with van der Waals surface area (Å²) in [5, 5.41) is 22.3. The monoisotopic (exact) mass is 450 g/mol. The van der Waals surface area contributed by atoms with Gasteiger partial charge in [-0.3, -0.25) is 10.1 Å². The molecule has 0 atom stereocenters. The van der Waals surface area contributed by atoms with E-state index in [1.807, 2.05) is 50.2 Å². The van der Waals surface area contributed by atoms with Gasteiger partial charge >= 0.3 is 6.03 Å². The van der Waals surface area contributed by atoms with Gasteiger partial charge in [0.25, 0.3) is 0 Å². The molecule has 0 unspecified atom stereocenters. The summed E-state index contributed by atoms with van der Waals surface area (Å²) in [5.74, 6) is 1.65. The second kappa shape index (κ2) is 10.9. The van der Waals surface area contributed by atoms with Gasteiger partial charge in [0.15, 0.2) is 0 Å². The number of rotatable bonds is 6. The highest BCUT2D eigenvalue weighted by Crippen LogP contribution is 2.46. The number of urea groups is 1. The van der Waals surface area contributed by atoms with E-state index in [0.717, 1.165) is 33.8 Å². The van der Waals surface area contributed by atoms with Crippen molar-refractivity contribution in [1.29, 1.82) is 0 Å². The zero-order chi connectivity index (χ0) is 23.8. The molecule has 0 saturated heterocycles. The van der Waals surface area contributed by atoms with Crippen LogP contribution in [-0.2, 0) is 4.79 Å². The van der Waals surface area contributed by atoms with Gasteiger partial charge in [-0.25, -0.2) is 4.79 Å². The van der Waals surface area contributed by atoms with Gasteiger partial charge in [0.2, 0.25) is 6.41 Å². The number of amides is 3. The fraction of sp³-hybridized carbons (Fsp3) is 0.200. The maximum absolute atomic E-state index is 11.9.